The summed E-state index contributed by atoms with van der Waals surface area (Å²) < 4.78 is 59.7. The fourth-order valence-corrected chi connectivity index (χ4v) is 1.13. The Morgan fingerprint density at radius 1 is 1.19 bits per heavy atom. The van der Waals surface area contributed by atoms with E-state index in [2.05, 4.69) is 43.5 Å². The second-order valence-electron chi connectivity index (χ2n) is 4.63. The van der Waals surface area contributed by atoms with E-state index in [1.165, 1.54) is 5.69 Å². The van der Waals surface area contributed by atoms with E-state index in [1.54, 1.807) is 0 Å². The first-order valence-corrected chi connectivity index (χ1v) is 7.13. The third-order valence-electron chi connectivity index (χ3n) is 2.08. The molecule has 0 spiro atoms. The van der Waals surface area contributed by atoms with Gasteiger partial charge in [-0.05, 0) is 24.4 Å². The molecule has 1 aromatic rings. The zero-order valence-electron chi connectivity index (χ0n) is 11.4. The Hall–Kier alpha value is -1.32. The second-order valence-corrected chi connectivity index (χ2v) is 6.19. The number of quaternary nitrogens is 1. The molecule has 5 nitrogen and oxygen atoms in total. The van der Waals surface area contributed by atoms with Gasteiger partial charge in [-0.3, -0.25) is 4.48 Å². The third-order valence-corrected chi connectivity index (χ3v) is 2.74. The van der Waals surface area contributed by atoms with Gasteiger partial charge in [0.25, 0.3) is 0 Å². The minimum Gasteiger partial charge on any atom is -0.741 e. The highest BCUT2D eigenvalue weighted by molar-refractivity contribution is 7.86. The summed E-state index contributed by atoms with van der Waals surface area (Å²) in [6, 6.07) is 7.98. The first-order valence-electron chi connectivity index (χ1n) is 5.31. The molecule has 0 saturated carbocycles. The van der Waals surface area contributed by atoms with Gasteiger partial charge in [-0.25, -0.2) is 8.42 Å². The molecule has 0 aliphatic heterocycles. The number of isothiocyanates is 1. The van der Waals surface area contributed by atoms with Gasteiger partial charge in [0.1, 0.15) is 5.69 Å². The van der Waals surface area contributed by atoms with Gasteiger partial charge in [0.2, 0.25) is 0 Å². The Bertz CT molecular complexity index is 614. The lowest BCUT2D eigenvalue weighted by atomic mass is 10.2. The molecule has 10 heteroatoms. The van der Waals surface area contributed by atoms with Crippen molar-refractivity contribution in [3.8, 4) is 0 Å². The summed E-state index contributed by atoms with van der Waals surface area (Å²) in [6.45, 7) is 0. The van der Waals surface area contributed by atoms with Gasteiger partial charge in [-0.2, -0.15) is 18.2 Å². The minimum atomic E-state index is -6.09. The van der Waals surface area contributed by atoms with Crippen LogP contribution in [0.25, 0.3) is 0 Å². The van der Waals surface area contributed by atoms with E-state index in [0.717, 1.165) is 10.2 Å². The van der Waals surface area contributed by atoms with Gasteiger partial charge in [-0.15, -0.1) is 0 Å². The van der Waals surface area contributed by atoms with Crippen LogP contribution in [0.15, 0.2) is 29.3 Å². The topological polar surface area (TPSA) is 69.6 Å². The van der Waals surface area contributed by atoms with Crippen LogP contribution < -0.4 is 4.48 Å². The van der Waals surface area contributed by atoms with E-state index in [0.29, 0.717) is 0 Å². The van der Waals surface area contributed by atoms with Crippen molar-refractivity contribution in [2.45, 2.75) is 5.51 Å². The number of hydrogen-bond donors (Lipinski definition) is 0. The Kier molecular flexibility index (Phi) is 6.65. The fraction of sp³-hybridized carbons (Fsp3) is 0.364. The molecule has 118 valence electrons. The number of thiocarbonyl (C=S) groups is 1. The molecular weight excluding hydrogens is 329 g/mol. The fourth-order valence-electron chi connectivity index (χ4n) is 1.03. The normalized spacial score (nSPS) is 12.0. The summed E-state index contributed by atoms with van der Waals surface area (Å²) in [7, 11) is 0.277. The number of rotatable bonds is 2. The molecule has 0 unspecified atom stereocenters. The van der Waals surface area contributed by atoms with E-state index in [4.69, 9.17) is 13.0 Å². The number of benzene rings is 1. The Balaban J connectivity index is 0.000000433. The van der Waals surface area contributed by atoms with Gasteiger partial charge < -0.3 is 4.55 Å². The summed E-state index contributed by atoms with van der Waals surface area (Å²) in [5.74, 6) is 0. The van der Waals surface area contributed by atoms with Crippen molar-refractivity contribution in [2.75, 3.05) is 21.1 Å². The highest BCUT2D eigenvalue weighted by Gasteiger charge is 2.36. The lowest BCUT2D eigenvalue weighted by molar-refractivity contribution is -0.0517. The average Bonchev–Trinajstić information content (AvgIpc) is 2.27. The molecule has 0 heterocycles. The molecule has 0 aliphatic carbocycles. The summed E-state index contributed by atoms with van der Waals surface area (Å²) in [4.78, 5) is 3.89. The van der Waals surface area contributed by atoms with Gasteiger partial charge >= 0.3 is 5.51 Å². The highest BCUT2D eigenvalue weighted by Crippen LogP contribution is 2.21. The maximum absolute atomic E-state index is 10.7. The summed E-state index contributed by atoms with van der Waals surface area (Å²) >= 11 is 4.52. The third kappa shape index (κ3) is 7.30. The number of halogens is 3. The lowest BCUT2D eigenvalue weighted by Crippen LogP contribution is -2.34. The lowest BCUT2D eigenvalue weighted by Gasteiger charge is -2.23. The van der Waals surface area contributed by atoms with Crippen LogP contribution in [0, 0.1) is 0 Å². The summed E-state index contributed by atoms with van der Waals surface area (Å²) in [5.41, 5.74) is -3.55. The smallest absolute Gasteiger partial charge is 0.485 e. The summed E-state index contributed by atoms with van der Waals surface area (Å²) in [5, 5.41) is 2.35. The molecule has 0 amide bonds. The molecule has 0 bridgehead atoms. The molecule has 0 saturated heterocycles. The number of aliphatic imine (C=N–C) groups is 1. The van der Waals surface area contributed by atoms with Crippen molar-refractivity contribution in [1.29, 1.82) is 0 Å². The van der Waals surface area contributed by atoms with E-state index in [9.17, 15) is 13.2 Å². The Labute approximate surface area is 126 Å². The zero-order chi connectivity index (χ0) is 16.9. The molecule has 0 atom stereocenters. The first-order chi connectivity index (χ1) is 9.29. The van der Waals surface area contributed by atoms with Gasteiger partial charge in [-0.1, -0.05) is 0 Å². The van der Waals surface area contributed by atoms with Crippen molar-refractivity contribution in [3.05, 3.63) is 24.3 Å². The van der Waals surface area contributed by atoms with Crippen LogP contribution in [0.5, 0.6) is 0 Å². The van der Waals surface area contributed by atoms with Gasteiger partial charge in [0.05, 0.1) is 32.0 Å². The predicted octanol–water partition coefficient (Wildman–Crippen LogP) is 2.67. The van der Waals surface area contributed by atoms with Crippen molar-refractivity contribution >= 4 is 38.9 Å². The van der Waals surface area contributed by atoms with Crippen molar-refractivity contribution in [1.82, 2.24) is 4.48 Å². The standard InChI is InChI=1S/C10H13N2S.CHF3O3S/c1-12(2,3)10-6-4-9(5-7-10)11-8-13;2-1(3,4)8(5,6)7/h4-7H,1-3H3;(H,5,6,7)/q+1;/p-1. The monoisotopic (exact) mass is 342 g/mol. The Morgan fingerprint density at radius 2 is 1.57 bits per heavy atom. The largest absolute Gasteiger partial charge is 0.741 e. The zero-order valence-corrected chi connectivity index (χ0v) is 13.0. The van der Waals surface area contributed by atoms with Crippen LogP contribution in [-0.2, 0) is 10.1 Å². The molecule has 0 fully saturated rings. The van der Waals surface area contributed by atoms with Crippen LogP contribution in [0.3, 0.4) is 0 Å². The molecule has 1 aromatic carbocycles. The van der Waals surface area contributed by atoms with Gasteiger partial charge in [0, 0.05) is 12.1 Å². The molecule has 0 aliphatic rings. The van der Waals surface area contributed by atoms with E-state index >= 15 is 0 Å². The van der Waals surface area contributed by atoms with E-state index < -0.39 is 15.6 Å². The second kappa shape index (κ2) is 7.10. The van der Waals surface area contributed by atoms with Crippen molar-refractivity contribution < 1.29 is 26.1 Å². The predicted molar refractivity (Wildman–Crippen MR) is 76.4 cm³/mol. The molecule has 0 aromatic heterocycles. The number of nitrogens with zero attached hydrogens (tertiary/aromatic N) is 2. The van der Waals surface area contributed by atoms with Crippen LogP contribution in [-0.4, -0.2) is 44.8 Å². The van der Waals surface area contributed by atoms with Crippen LogP contribution in [0.1, 0.15) is 0 Å². The summed E-state index contributed by atoms with van der Waals surface area (Å²) in [6.07, 6.45) is 0. The van der Waals surface area contributed by atoms with Crippen LogP contribution >= 0.6 is 12.2 Å². The average molecular weight is 342 g/mol. The SMILES string of the molecule is C[N+](C)(C)c1ccc(N=C=S)cc1.O=S(=O)([O-])C(F)(F)F. The highest BCUT2D eigenvalue weighted by atomic mass is 32.2. The maximum atomic E-state index is 10.7. The maximum Gasteiger partial charge on any atom is 0.485 e. The van der Waals surface area contributed by atoms with Gasteiger partial charge in [0.15, 0.2) is 10.1 Å². The van der Waals surface area contributed by atoms with E-state index in [-0.39, 0.29) is 0 Å². The van der Waals surface area contributed by atoms with Crippen LogP contribution in [0.4, 0.5) is 24.5 Å². The quantitative estimate of drug-likeness (QED) is 0.272. The molecule has 1 rings (SSSR count). The first kappa shape index (κ1) is 19.7. The van der Waals surface area contributed by atoms with Crippen molar-refractivity contribution in [2.24, 2.45) is 4.99 Å². The van der Waals surface area contributed by atoms with Crippen LogP contribution in [0.2, 0.25) is 0 Å². The molecular formula is C11H13F3N2O3S2. The molecule has 21 heavy (non-hydrogen) atoms. The molecule has 0 N–H and O–H groups in total. The van der Waals surface area contributed by atoms with E-state index in [1.807, 2.05) is 24.3 Å². The Morgan fingerprint density at radius 3 is 1.81 bits per heavy atom. The number of alkyl halides is 3. The molecule has 0 radical (unpaired) electrons. The van der Waals surface area contributed by atoms with Crippen molar-refractivity contribution in [3.63, 3.8) is 0 Å². The number of hydrogen-bond acceptors (Lipinski definition) is 5. The minimum absolute atomic E-state index is 0.807.